The van der Waals surface area contributed by atoms with Gasteiger partial charge in [-0.25, -0.2) is 0 Å². The van der Waals surface area contributed by atoms with Gasteiger partial charge in [0.2, 0.25) is 0 Å². The summed E-state index contributed by atoms with van der Waals surface area (Å²) in [6.07, 6.45) is 1.41. The highest BCUT2D eigenvalue weighted by molar-refractivity contribution is 9.10. The van der Waals surface area contributed by atoms with Gasteiger partial charge in [0, 0.05) is 21.3 Å². The number of carbonyl (C=O) groups is 1. The lowest BCUT2D eigenvalue weighted by molar-refractivity contribution is 0.0983. The molecule has 0 aliphatic heterocycles. The zero-order valence-corrected chi connectivity index (χ0v) is 12.0. The molecule has 1 nitrogen and oxygen atoms in total. The predicted octanol–water partition coefficient (Wildman–Crippen LogP) is 4.63. The molecule has 88 valence electrons. The van der Waals surface area contributed by atoms with E-state index in [-0.39, 0.29) is 5.78 Å². The van der Waals surface area contributed by atoms with Crippen LogP contribution in [-0.2, 0) is 6.42 Å². The number of rotatable bonds is 4. The van der Waals surface area contributed by atoms with Gasteiger partial charge in [0.25, 0.3) is 0 Å². The van der Waals surface area contributed by atoms with Gasteiger partial charge in [0.1, 0.15) is 0 Å². The lowest BCUT2D eigenvalue weighted by Crippen LogP contribution is -2.00. The highest BCUT2D eigenvalue weighted by Crippen LogP contribution is 2.19. The van der Waals surface area contributed by atoms with Gasteiger partial charge in [-0.05, 0) is 36.4 Å². The molecule has 0 bridgehead atoms. The van der Waals surface area contributed by atoms with E-state index in [1.54, 1.807) is 11.3 Å². The van der Waals surface area contributed by atoms with Crippen molar-refractivity contribution in [2.75, 3.05) is 0 Å². The van der Waals surface area contributed by atoms with Crippen LogP contribution in [0.3, 0.4) is 0 Å². The van der Waals surface area contributed by atoms with Crippen molar-refractivity contribution >= 4 is 33.0 Å². The van der Waals surface area contributed by atoms with Crippen LogP contribution < -0.4 is 0 Å². The molecule has 0 aliphatic carbocycles. The molecule has 2 rings (SSSR count). The Hall–Kier alpha value is -0.930. The standard InChI is InChI=1S/C14H13BrOS/c1-10-4-5-11(9-13(10)15)14(16)7-6-12-3-2-8-17-12/h2-5,8-9H,6-7H2,1H3. The SMILES string of the molecule is Cc1ccc(C(=O)CCc2cccs2)cc1Br. The first-order valence-electron chi connectivity index (χ1n) is 5.48. The van der Waals surface area contributed by atoms with Gasteiger partial charge in [-0.3, -0.25) is 4.79 Å². The molecule has 2 aromatic rings. The minimum Gasteiger partial charge on any atom is -0.294 e. The molecule has 0 fully saturated rings. The summed E-state index contributed by atoms with van der Waals surface area (Å²) < 4.78 is 1.000. The van der Waals surface area contributed by atoms with Crippen molar-refractivity contribution in [3.8, 4) is 0 Å². The maximum Gasteiger partial charge on any atom is 0.163 e. The Bertz CT molecular complexity index is 517. The maximum absolute atomic E-state index is 12.0. The topological polar surface area (TPSA) is 17.1 Å². The van der Waals surface area contributed by atoms with E-state index in [0.29, 0.717) is 6.42 Å². The second kappa shape index (κ2) is 5.61. The van der Waals surface area contributed by atoms with E-state index in [9.17, 15) is 4.79 Å². The van der Waals surface area contributed by atoms with Crippen molar-refractivity contribution < 1.29 is 4.79 Å². The minimum absolute atomic E-state index is 0.208. The Balaban J connectivity index is 2.02. The van der Waals surface area contributed by atoms with E-state index in [1.807, 2.05) is 36.6 Å². The Labute approximate surface area is 114 Å². The molecule has 0 spiro atoms. The van der Waals surface area contributed by atoms with Crippen molar-refractivity contribution in [1.82, 2.24) is 0 Å². The molecule has 1 heterocycles. The molecule has 0 N–H and O–H groups in total. The Morgan fingerprint density at radius 3 is 2.82 bits per heavy atom. The average molecular weight is 309 g/mol. The number of thiophene rings is 1. The fourth-order valence-corrected chi connectivity index (χ4v) is 2.69. The second-order valence-corrected chi connectivity index (χ2v) is 5.85. The fourth-order valence-electron chi connectivity index (χ4n) is 1.60. The van der Waals surface area contributed by atoms with Gasteiger partial charge in [-0.1, -0.05) is 34.1 Å². The molecule has 3 heteroatoms. The van der Waals surface area contributed by atoms with Crippen LogP contribution in [0, 0.1) is 6.92 Å². The zero-order chi connectivity index (χ0) is 12.3. The highest BCUT2D eigenvalue weighted by atomic mass is 79.9. The third kappa shape index (κ3) is 3.27. The molecular weight excluding hydrogens is 296 g/mol. The first kappa shape index (κ1) is 12.5. The second-order valence-electron chi connectivity index (χ2n) is 3.97. The van der Waals surface area contributed by atoms with Crippen molar-refractivity contribution in [3.63, 3.8) is 0 Å². The summed E-state index contributed by atoms with van der Waals surface area (Å²) in [5.74, 6) is 0.208. The van der Waals surface area contributed by atoms with Gasteiger partial charge in [0.15, 0.2) is 5.78 Å². The van der Waals surface area contributed by atoms with E-state index < -0.39 is 0 Å². The Morgan fingerprint density at radius 1 is 1.35 bits per heavy atom. The highest BCUT2D eigenvalue weighted by Gasteiger charge is 2.07. The van der Waals surface area contributed by atoms with E-state index in [1.165, 1.54) is 4.88 Å². The molecule has 0 saturated carbocycles. The summed E-state index contributed by atoms with van der Waals surface area (Å²) >= 11 is 5.16. The van der Waals surface area contributed by atoms with Crippen LogP contribution in [0.2, 0.25) is 0 Å². The predicted molar refractivity (Wildman–Crippen MR) is 75.8 cm³/mol. The largest absolute Gasteiger partial charge is 0.294 e. The normalized spacial score (nSPS) is 10.5. The molecule has 17 heavy (non-hydrogen) atoms. The van der Waals surface area contributed by atoms with Gasteiger partial charge < -0.3 is 0 Å². The summed E-state index contributed by atoms with van der Waals surface area (Å²) in [5.41, 5.74) is 1.94. The number of hydrogen-bond acceptors (Lipinski definition) is 2. The van der Waals surface area contributed by atoms with Crippen LogP contribution in [0.1, 0.15) is 27.2 Å². The number of halogens is 1. The van der Waals surface area contributed by atoms with Crippen molar-refractivity contribution in [3.05, 3.63) is 56.2 Å². The van der Waals surface area contributed by atoms with E-state index in [4.69, 9.17) is 0 Å². The molecular formula is C14H13BrOS. The lowest BCUT2D eigenvalue weighted by Gasteiger charge is -2.03. The van der Waals surface area contributed by atoms with E-state index in [0.717, 1.165) is 22.0 Å². The lowest BCUT2D eigenvalue weighted by atomic mass is 10.0. The number of benzene rings is 1. The van der Waals surface area contributed by atoms with Crippen molar-refractivity contribution in [2.24, 2.45) is 0 Å². The quantitative estimate of drug-likeness (QED) is 0.752. The number of ketones is 1. The van der Waals surface area contributed by atoms with Gasteiger partial charge in [-0.2, -0.15) is 0 Å². The fraction of sp³-hybridized carbons (Fsp3) is 0.214. The van der Waals surface area contributed by atoms with E-state index >= 15 is 0 Å². The number of Topliss-reactive ketones (excluding diaryl/α,β-unsaturated/α-hetero) is 1. The summed E-state index contributed by atoms with van der Waals surface area (Å²) in [4.78, 5) is 13.3. The summed E-state index contributed by atoms with van der Waals surface area (Å²) in [7, 11) is 0. The Kier molecular flexibility index (Phi) is 4.13. The third-order valence-corrected chi connectivity index (χ3v) is 4.46. The van der Waals surface area contributed by atoms with Crippen LogP contribution in [-0.4, -0.2) is 5.78 Å². The third-order valence-electron chi connectivity index (χ3n) is 2.67. The molecule has 0 unspecified atom stereocenters. The van der Waals surface area contributed by atoms with Gasteiger partial charge in [0.05, 0.1) is 0 Å². The molecule has 1 aromatic carbocycles. The van der Waals surface area contributed by atoms with Gasteiger partial charge in [-0.15, -0.1) is 11.3 Å². The summed E-state index contributed by atoms with van der Waals surface area (Å²) in [6.45, 7) is 2.02. The van der Waals surface area contributed by atoms with Crippen LogP contribution in [0.25, 0.3) is 0 Å². The molecule has 0 saturated heterocycles. The number of hydrogen-bond donors (Lipinski definition) is 0. The number of aryl methyl sites for hydroxylation is 2. The molecule has 0 atom stereocenters. The molecule has 0 aliphatic rings. The molecule has 0 radical (unpaired) electrons. The van der Waals surface area contributed by atoms with E-state index in [2.05, 4.69) is 22.0 Å². The Morgan fingerprint density at radius 2 is 2.18 bits per heavy atom. The molecule has 1 aromatic heterocycles. The first-order valence-corrected chi connectivity index (χ1v) is 7.16. The summed E-state index contributed by atoms with van der Waals surface area (Å²) in [5, 5.41) is 2.04. The number of carbonyl (C=O) groups excluding carboxylic acids is 1. The minimum atomic E-state index is 0.208. The zero-order valence-electron chi connectivity index (χ0n) is 9.57. The monoisotopic (exact) mass is 308 g/mol. The average Bonchev–Trinajstić information content (AvgIpc) is 2.82. The van der Waals surface area contributed by atoms with Crippen LogP contribution in [0.4, 0.5) is 0 Å². The van der Waals surface area contributed by atoms with Crippen LogP contribution >= 0.6 is 27.3 Å². The van der Waals surface area contributed by atoms with Crippen LogP contribution in [0.5, 0.6) is 0 Å². The van der Waals surface area contributed by atoms with Crippen molar-refractivity contribution in [2.45, 2.75) is 19.8 Å². The molecule has 0 amide bonds. The maximum atomic E-state index is 12.0. The van der Waals surface area contributed by atoms with Crippen LogP contribution in [0.15, 0.2) is 40.2 Å². The van der Waals surface area contributed by atoms with Gasteiger partial charge >= 0.3 is 0 Å². The first-order chi connectivity index (χ1) is 8.16. The smallest absolute Gasteiger partial charge is 0.163 e. The van der Waals surface area contributed by atoms with Crippen molar-refractivity contribution in [1.29, 1.82) is 0 Å². The summed E-state index contributed by atoms with van der Waals surface area (Å²) in [6, 6.07) is 9.88.